The van der Waals surface area contributed by atoms with Gasteiger partial charge in [0.15, 0.2) is 0 Å². The van der Waals surface area contributed by atoms with Gasteiger partial charge in [-0.05, 0) is 39.5 Å². The molecule has 0 aliphatic carbocycles. The minimum Gasteiger partial charge on any atom is -0.481 e. The molecule has 0 saturated heterocycles. The number of hydrogen-bond acceptors (Lipinski definition) is 3. The smallest absolute Gasteiger partial charge is 0.306 e. The molecular weight excluding hydrogens is 220 g/mol. The third-order valence-electron chi connectivity index (χ3n) is 1.92. The third-order valence-corrected chi connectivity index (χ3v) is 1.92. The number of carboxylic acids is 1. The summed E-state index contributed by atoms with van der Waals surface area (Å²) in [6.45, 7) is 13.5. The van der Waals surface area contributed by atoms with Crippen LogP contribution in [0.3, 0.4) is 0 Å². The Morgan fingerprint density at radius 3 is 1.76 bits per heavy atom. The first-order chi connectivity index (χ1) is 7.33. The number of rotatable bonds is 5. The van der Waals surface area contributed by atoms with Gasteiger partial charge in [-0.25, -0.2) is 9.78 Å². The molecule has 0 aromatic heterocycles. The predicted molar refractivity (Wildman–Crippen MR) is 66.7 cm³/mol. The lowest BCUT2D eigenvalue weighted by Gasteiger charge is -2.35. The summed E-state index contributed by atoms with van der Waals surface area (Å²) < 4.78 is 0. The van der Waals surface area contributed by atoms with Crippen molar-refractivity contribution in [1.82, 2.24) is 0 Å². The van der Waals surface area contributed by atoms with Crippen molar-refractivity contribution in [3.8, 4) is 0 Å². The molecule has 0 aliphatic heterocycles. The maximum absolute atomic E-state index is 10.9. The quantitative estimate of drug-likeness (QED) is 0.596. The van der Waals surface area contributed by atoms with Crippen LogP contribution in [0.1, 0.15) is 61.3 Å². The molecule has 1 N–H and O–H groups in total. The Hall–Kier alpha value is -0.610. The van der Waals surface area contributed by atoms with E-state index in [1.165, 1.54) is 0 Å². The van der Waals surface area contributed by atoms with E-state index in [9.17, 15) is 4.79 Å². The molecule has 4 heteroatoms. The fraction of sp³-hybridized carbons (Fsp3) is 0.923. The summed E-state index contributed by atoms with van der Waals surface area (Å²) in [5.41, 5.74) is -1.28. The van der Waals surface area contributed by atoms with Crippen LogP contribution in [0, 0.1) is 5.41 Å². The molecule has 0 saturated carbocycles. The molecule has 0 spiro atoms. The van der Waals surface area contributed by atoms with Gasteiger partial charge in [-0.1, -0.05) is 20.8 Å². The Bertz CT molecular complexity index is 260. The summed E-state index contributed by atoms with van der Waals surface area (Å²) in [6, 6.07) is 0. The fourth-order valence-electron chi connectivity index (χ4n) is 1.79. The monoisotopic (exact) mass is 246 g/mol. The topological polar surface area (TPSA) is 55.8 Å². The van der Waals surface area contributed by atoms with E-state index in [-0.39, 0.29) is 11.8 Å². The normalized spacial score (nSPS) is 16.6. The van der Waals surface area contributed by atoms with Crippen molar-refractivity contribution in [2.75, 3.05) is 0 Å². The average molecular weight is 246 g/mol. The lowest BCUT2D eigenvalue weighted by Crippen LogP contribution is -2.38. The first-order valence-electron chi connectivity index (χ1n) is 5.92. The van der Waals surface area contributed by atoms with Crippen molar-refractivity contribution < 1.29 is 19.7 Å². The molecule has 0 aromatic carbocycles. The zero-order chi connectivity index (χ0) is 13.9. The van der Waals surface area contributed by atoms with Crippen LogP contribution in [0.2, 0.25) is 0 Å². The molecule has 0 fully saturated rings. The number of carbonyl (C=O) groups is 1. The van der Waals surface area contributed by atoms with E-state index >= 15 is 0 Å². The van der Waals surface area contributed by atoms with E-state index in [2.05, 4.69) is 0 Å². The molecule has 17 heavy (non-hydrogen) atoms. The minimum atomic E-state index is -0.880. The van der Waals surface area contributed by atoms with Crippen molar-refractivity contribution in [1.29, 1.82) is 0 Å². The molecule has 0 heterocycles. The summed E-state index contributed by atoms with van der Waals surface area (Å²) in [4.78, 5) is 21.6. The van der Waals surface area contributed by atoms with Crippen molar-refractivity contribution in [2.24, 2.45) is 5.41 Å². The van der Waals surface area contributed by atoms with Crippen LogP contribution >= 0.6 is 0 Å². The van der Waals surface area contributed by atoms with Crippen LogP contribution in [-0.2, 0) is 14.6 Å². The first-order valence-corrected chi connectivity index (χ1v) is 5.92. The number of carboxylic acid groups (broad SMARTS) is 1. The van der Waals surface area contributed by atoms with Gasteiger partial charge in [-0.2, -0.15) is 0 Å². The summed E-state index contributed by atoms with van der Waals surface area (Å²) in [6.07, 6.45) is 0.544. The molecule has 0 aliphatic rings. The highest BCUT2D eigenvalue weighted by Gasteiger charge is 2.36. The van der Waals surface area contributed by atoms with Crippen molar-refractivity contribution in [3.63, 3.8) is 0 Å². The Kier molecular flexibility index (Phi) is 5.16. The highest BCUT2D eigenvalue weighted by atomic mass is 17.2. The maximum atomic E-state index is 10.9. The van der Waals surface area contributed by atoms with Gasteiger partial charge in [0, 0.05) is 0 Å². The van der Waals surface area contributed by atoms with Gasteiger partial charge in [-0.3, -0.25) is 4.79 Å². The fourth-order valence-corrected chi connectivity index (χ4v) is 1.79. The minimum absolute atomic E-state index is 0.0224. The number of aliphatic carboxylic acids is 1. The van der Waals surface area contributed by atoms with Gasteiger partial charge >= 0.3 is 5.97 Å². The highest BCUT2D eigenvalue weighted by molar-refractivity contribution is 5.68. The van der Waals surface area contributed by atoms with Gasteiger partial charge in [0.1, 0.15) is 5.60 Å². The van der Waals surface area contributed by atoms with Crippen molar-refractivity contribution in [2.45, 2.75) is 72.5 Å². The third kappa shape index (κ3) is 9.12. The van der Waals surface area contributed by atoms with Crippen molar-refractivity contribution >= 4 is 5.97 Å². The van der Waals surface area contributed by atoms with E-state index in [1.807, 2.05) is 41.5 Å². The van der Waals surface area contributed by atoms with Gasteiger partial charge in [0.25, 0.3) is 0 Å². The second-order valence-electron chi connectivity index (χ2n) is 7.04. The zero-order valence-electron chi connectivity index (χ0n) is 12.1. The summed E-state index contributed by atoms with van der Waals surface area (Å²) in [7, 11) is 0. The second-order valence-corrected chi connectivity index (χ2v) is 7.04. The molecule has 1 atom stereocenters. The van der Waals surface area contributed by atoms with Gasteiger partial charge in [0.2, 0.25) is 0 Å². The Labute approximate surface area is 104 Å². The van der Waals surface area contributed by atoms with E-state index < -0.39 is 17.2 Å². The predicted octanol–water partition coefficient (Wildman–Crippen LogP) is 3.40. The van der Waals surface area contributed by atoms with Crippen molar-refractivity contribution in [3.05, 3.63) is 0 Å². The SMILES string of the molecule is CC(C)(C)CC(C)(CC(=O)O)OOC(C)(C)C. The molecule has 4 nitrogen and oxygen atoms in total. The van der Waals surface area contributed by atoms with Gasteiger partial charge in [0.05, 0.1) is 12.0 Å². The molecule has 102 valence electrons. The molecule has 0 amide bonds. The standard InChI is InChI=1S/C13H26O4/c1-11(2,3)9-13(7,8-10(14)15)17-16-12(4,5)6/h8-9H2,1-7H3,(H,14,15). The zero-order valence-corrected chi connectivity index (χ0v) is 12.1. The molecule has 0 bridgehead atoms. The van der Waals surface area contributed by atoms with Crippen LogP contribution in [-0.4, -0.2) is 22.3 Å². The second kappa shape index (κ2) is 5.36. The maximum Gasteiger partial charge on any atom is 0.306 e. The molecule has 1 unspecified atom stereocenters. The largest absolute Gasteiger partial charge is 0.481 e. The summed E-state index contributed by atoms with van der Waals surface area (Å²) >= 11 is 0. The van der Waals surface area contributed by atoms with Gasteiger partial charge < -0.3 is 5.11 Å². The van der Waals surface area contributed by atoms with Crippen LogP contribution in [0.4, 0.5) is 0 Å². The lowest BCUT2D eigenvalue weighted by molar-refractivity contribution is -0.404. The Morgan fingerprint density at radius 1 is 1.00 bits per heavy atom. The van der Waals surface area contributed by atoms with Crippen LogP contribution in [0.5, 0.6) is 0 Å². The first kappa shape index (κ1) is 16.4. The molecule has 0 rings (SSSR count). The Balaban J connectivity index is 4.67. The van der Waals surface area contributed by atoms with Gasteiger partial charge in [-0.15, -0.1) is 0 Å². The number of hydrogen-bond donors (Lipinski definition) is 1. The summed E-state index contributed by atoms with van der Waals surface area (Å²) in [5, 5.41) is 8.94. The van der Waals surface area contributed by atoms with Crippen LogP contribution in [0.25, 0.3) is 0 Å². The van der Waals surface area contributed by atoms with E-state index in [0.717, 1.165) is 0 Å². The van der Waals surface area contributed by atoms with E-state index in [4.69, 9.17) is 14.9 Å². The molecular formula is C13H26O4. The molecule has 0 radical (unpaired) electrons. The van der Waals surface area contributed by atoms with Crippen LogP contribution < -0.4 is 0 Å². The highest BCUT2D eigenvalue weighted by Crippen LogP contribution is 2.33. The average Bonchev–Trinajstić information content (AvgIpc) is 1.94. The van der Waals surface area contributed by atoms with E-state index in [1.54, 1.807) is 6.92 Å². The Morgan fingerprint density at radius 2 is 1.47 bits per heavy atom. The lowest BCUT2D eigenvalue weighted by atomic mass is 9.81. The van der Waals surface area contributed by atoms with E-state index in [0.29, 0.717) is 6.42 Å². The van der Waals surface area contributed by atoms with Crippen LogP contribution in [0.15, 0.2) is 0 Å². The molecule has 0 aromatic rings. The summed E-state index contributed by atoms with van der Waals surface area (Å²) in [5.74, 6) is -0.880.